The van der Waals surface area contributed by atoms with E-state index in [4.69, 9.17) is 5.73 Å². The Morgan fingerprint density at radius 3 is 2.83 bits per heavy atom. The standard InChI is InChI=1S/C15H23N3/c1-17(2)13-7-8-18(10-13)15-6-3-11-9-12(16)4-5-14(11)15/h4-5,9,13,15H,3,6-8,10,16H2,1-2H3. The predicted molar refractivity (Wildman–Crippen MR) is 75.6 cm³/mol. The molecule has 0 saturated carbocycles. The highest BCUT2D eigenvalue weighted by molar-refractivity contribution is 5.47. The maximum Gasteiger partial charge on any atom is 0.0354 e. The van der Waals surface area contributed by atoms with Gasteiger partial charge in [-0.05, 0) is 56.6 Å². The fraction of sp³-hybridized carbons (Fsp3) is 0.600. The summed E-state index contributed by atoms with van der Waals surface area (Å²) in [6.07, 6.45) is 3.75. The van der Waals surface area contributed by atoms with Crippen molar-refractivity contribution in [2.24, 2.45) is 0 Å². The number of aryl methyl sites for hydroxylation is 1. The summed E-state index contributed by atoms with van der Waals surface area (Å²) in [6, 6.07) is 7.81. The zero-order valence-corrected chi connectivity index (χ0v) is 11.4. The van der Waals surface area contributed by atoms with Crippen molar-refractivity contribution >= 4 is 5.69 Å². The van der Waals surface area contributed by atoms with Gasteiger partial charge in [-0.2, -0.15) is 0 Å². The SMILES string of the molecule is CN(C)C1CCN(C2CCc3cc(N)ccc32)C1. The van der Waals surface area contributed by atoms with Crippen LogP contribution in [0.15, 0.2) is 18.2 Å². The predicted octanol–water partition coefficient (Wildman–Crippen LogP) is 1.89. The van der Waals surface area contributed by atoms with E-state index in [1.54, 1.807) is 0 Å². The second-order valence-electron chi connectivity index (χ2n) is 5.91. The van der Waals surface area contributed by atoms with Crippen LogP contribution in [0.5, 0.6) is 0 Å². The van der Waals surface area contributed by atoms with Gasteiger partial charge < -0.3 is 10.6 Å². The lowest BCUT2D eigenvalue weighted by Crippen LogP contribution is -2.32. The molecular formula is C15H23N3. The first kappa shape index (κ1) is 12.0. The topological polar surface area (TPSA) is 32.5 Å². The average Bonchev–Trinajstić information content (AvgIpc) is 2.92. The first-order chi connectivity index (χ1) is 8.65. The van der Waals surface area contributed by atoms with Gasteiger partial charge in [-0.15, -0.1) is 0 Å². The van der Waals surface area contributed by atoms with E-state index in [1.165, 1.54) is 43.5 Å². The lowest BCUT2D eigenvalue weighted by atomic mass is 10.1. The Hall–Kier alpha value is -1.06. The largest absolute Gasteiger partial charge is 0.399 e. The number of anilines is 1. The first-order valence-corrected chi connectivity index (χ1v) is 6.94. The molecule has 1 aliphatic carbocycles. The minimum atomic E-state index is 0.630. The highest BCUT2D eigenvalue weighted by Crippen LogP contribution is 2.38. The molecule has 1 fully saturated rings. The van der Waals surface area contributed by atoms with Crippen LogP contribution in [0.25, 0.3) is 0 Å². The van der Waals surface area contributed by atoms with Crippen molar-refractivity contribution in [3.8, 4) is 0 Å². The van der Waals surface area contributed by atoms with E-state index in [0.717, 1.165) is 11.7 Å². The smallest absolute Gasteiger partial charge is 0.0354 e. The monoisotopic (exact) mass is 245 g/mol. The third-order valence-corrected chi connectivity index (χ3v) is 4.58. The molecule has 0 radical (unpaired) electrons. The molecule has 3 heteroatoms. The summed E-state index contributed by atoms with van der Waals surface area (Å²) in [6.45, 7) is 2.44. The Bertz CT molecular complexity index is 441. The summed E-state index contributed by atoms with van der Waals surface area (Å²) in [5.41, 5.74) is 9.76. The Balaban J connectivity index is 1.77. The lowest BCUT2D eigenvalue weighted by Gasteiger charge is -2.26. The zero-order valence-electron chi connectivity index (χ0n) is 11.4. The van der Waals surface area contributed by atoms with Gasteiger partial charge >= 0.3 is 0 Å². The van der Waals surface area contributed by atoms with Gasteiger partial charge in [0.2, 0.25) is 0 Å². The lowest BCUT2D eigenvalue weighted by molar-refractivity contribution is 0.216. The highest BCUT2D eigenvalue weighted by Gasteiger charge is 2.33. The van der Waals surface area contributed by atoms with E-state index in [2.05, 4.69) is 42.1 Å². The van der Waals surface area contributed by atoms with Gasteiger partial charge in [-0.25, -0.2) is 0 Å². The Morgan fingerprint density at radius 2 is 2.11 bits per heavy atom. The second kappa shape index (κ2) is 4.56. The van der Waals surface area contributed by atoms with Gasteiger partial charge in [0.05, 0.1) is 0 Å². The van der Waals surface area contributed by atoms with Crippen molar-refractivity contribution in [1.82, 2.24) is 9.80 Å². The molecule has 0 bridgehead atoms. The maximum atomic E-state index is 5.87. The van der Waals surface area contributed by atoms with Crippen LogP contribution in [-0.4, -0.2) is 43.0 Å². The summed E-state index contributed by atoms with van der Waals surface area (Å²) < 4.78 is 0. The molecule has 1 saturated heterocycles. The number of fused-ring (bicyclic) bond motifs is 1. The van der Waals surface area contributed by atoms with Gasteiger partial charge in [0.1, 0.15) is 0 Å². The van der Waals surface area contributed by atoms with Crippen molar-refractivity contribution in [1.29, 1.82) is 0 Å². The van der Waals surface area contributed by atoms with Gasteiger partial charge in [-0.1, -0.05) is 6.07 Å². The number of rotatable bonds is 2. The summed E-state index contributed by atoms with van der Waals surface area (Å²) in [5.74, 6) is 0. The number of likely N-dealkylation sites (N-methyl/N-ethyl adjacent to an activating group) is 1. The molecule has 2 atom stereocenters. The molecule has 3 nitrogen and oxygen atoms in total. The van der Waals surface area contributed by atoms with Crippen LogP contribution in [0.1, 0.15) is 30.0 Å². The molecular weight excluding hydrogens is 222 g/mol. The summed E-state index contributed by atoms with van der Waals surface area (Å²) >= 11 is 0. The second-order valence-corrected chi connectivity index (χ2v) is 5.91. The number of nitrogens with zero attached hydrogens (tertiary/aromatic N) is 2. The Morgan fingerprint density at radius 1 is 1.28 bits per heavy atom. The maximum absolute atomic E-state index is 5.87. The van der Waals surface area contributed by atoms with Crippen LogP contribution in [-0.2, 0) is 6.42 Å². The summed E-state index contributed by atoms with van der Waals surface area (Å²) in [7, 11) is 4.38. The number of nitrogen functional groups attached to an aromatic ring is 1. The Kier molecular flexibility index (Phi) is 3.04. The molecule has 2 aliphatic rings. The molecule has 2 unspecified atom stereocenters. The molecule has 1 aliphatic heterocycles. The van der Waals surface area contributed by atoms with Crippen molar-refractivity contribution < 1.29 is 0 Å². The third-order valence-electron chi connectivity index (χ3n) is 4.58. The minimum Gasteiger partial charge on any atom is -0.399 e. The number of likely N-dealkylation sites (tertiary alicyclic amines) is 1. The highest BCUT2D eigenvalue weighted by atomic mass is 15.2. The average molecular weight is 245 g/mol. The van der Waals surface area contributed by atoms with Gasteiger partial charge in [0.15, 0.2) is 0 Å². The third kappa shape index (κ3) is 2.02. The van der Waals surface area contributed by atoms with E-state index < -0.39 is 0 Å². The molecule has 2 N–H and O–H groups in total. The van der Waals surface area contributed by atoms with E-state index in [0.29, 0.717) is 6.04 Å². The van der Waals surface area contributed by atoms with Crippen LogP contribution >= 0.6 is 0 Å². The molecule has 0 amide bonds. The van der Waals surface area contributed by atoms with E-state index >= 15 is 0 Å². The molecule has 1 aromatic carbocycles. The number of hydrogen-bond donors (Lipinski definition) is 1. The molecule has 0 spiro atoms. The van der Waals surface area contributed by atoms with Gasteiger partial charge in [0.25, 0.3) is 0 Å². The summed E-state index contributed by atoms with van der Waals surface area (Å²) in [5, 5.41) is 0. The van der Waals surface area contributed by atoms with Crippen LogP contribution in [0.3, 0.4) is 0 Å². The van der Waals surface area contributed by atoms with E-state index in [-0.39, 0.29) is 0 Å². The molecule has 98 valence electrons. The van der Waals surface area contributed by atoms with Gasteiger partial charge in [0, 0.05) is 30.9 Å². The first-order valence-electron chi connectivity index (χ1n) is 6.94. The van der Waals surface area contributed by atoms with Crippen LogP contribution in [0.4, 0.5) is 5.69 Å². The normalized spacial score (nSPS) is 27.9. The van der Waals surface area contributed by atoms with Crippen molar-refractivity contribution in [3.63, 3.8) is 0 Å². The molecule has 18 heavy (non-hydrogen) atoms. The van der Waals surface area contributed by atoms with Gasteiger partial charge in [-0.3, -0.25) is 4.90 Å². The van der Waals surface area contributed by atoms with Crippen molar-refractivity contribution in [2.75, 3.05) is 32.9 Å². The van der Waals surface area contributed by atoms with Crippen molar-refractivity contribution in [2.45, 2.75) is 31.3 Å². The van der Waals surface area contributed by atoms with Crippen LogP contribution in [0, 0.1) is 0 Å². The Labute approximate surface area is 110 Å². The zero-order chi connectivity index (χ0) is 12.7. The van der Waals surface area contributed by atoms with E-state index in [1.807, 2.05) is 0 Å². The molecule has 0 aromatic heterocycles. The summed E-state index contributed by atoms with van der Waals surface area (Å²) in [4.78, 5) is 5.02. The van der Waals surface area contributed by atoms with E-state index in [9.17, 15) is 0 Å². The number of hydrogen-bond acceptors (Lipinski definition) is 3. The van der Waals surface area contributed by atoms with Crippen LogP contribution < -0.4 is 5.73 Å². The molecule has 1 heterocycles. The van der Waals surface area contributed by atoms with Crippen LogP contribution in [0.2, 0.25) is 0 Å². The fourth-order valence-corrected chi connectivity index (χ4v) is 3.47. The quantitative estimate of drug-likeness (QED) is 0.808. The molecule has 3 rings (SSSR count). The van der Waals surface area contributed by atoms with Crippen molar-refractivity contribution in [3.05, 3.63) is 29.3 Å². The fourth-order valence-electron chi connectivity index (χ4n) is 3.47. The number of nitrogens with two attached hydrogens (primary N) is 1. The number of benzene rings is 1. The minimum absolute atomic E-state index is 0.630. The molecule has 1 aromatic rings.